The van der Waals surface area contributed by atoms with Gasteiger partial charge in [0.15, 0.2) is 0 Å². The Labute approximate surface area is 75.6 Å². The lowest BCUT2D eigenvalue weighted by molar-refractivity contribution is 0.573. The van der Waals surface area contributed by atoms with Crippen molar-refractivity contribution in [2.45, 2.75) is 19.8 Å². The highest BCUT2D eigenvalue weighted by Gasteiger charge is 2.11. The Kier molecular flexibility index (Phi) is 2.62. The summed E-state index contributed by atoms with van der Waals surface area (Å²) >= 11 is 0. The van der Waals surface area contributed by atoms with Crippen molar-refractivity contribution in [3.63, 3.8) is 0 Å². The highest BCUT2D eigenvalue weighted by molar-refractivity contribution is 5.35. The van der Waals surface area contributed by atoms with Gasteiger partial charge in [-0.05, 0) is 23.6 Å². The second-order valence-corrected chi connectivity index (χ2v) is 3.12. The van der Waals surface area contributed by atoms with E-state index < -0.39 is 11.6 Å². The molecule has 0 bridgehead atoms. The van der Waals surface area contributed by atoms with Gasteiger partial charge in [0.1, 0.15) is 17.7 Å². The molecular weight excluding hydrogens is 172 g/mol. The van der Waals surface area contributed by atoms with Gasteiger partial charge in [0.2, 0.25) is 0 Å². The van der Waals surface area contributed by atoms with Gasteiger partial charge < -0.3 is 0 Å². The van der Waals surface area contributed by atoms with Crippen molar-refractivity contribution in [3.8, 4) is 6.07 Å². The second kappa shape index (κ2) is 3.53. The molecule has 0 unspecified atom stereocenters. The van der Waals surface area contributed by atoms with Crippen LogP contribution in [0.4, 0.5) is 8.78 Å². The molecule has 13 heavy (non-hydrogen) atoms. The summed E-state index contributed by atoms with van der Waals surface area (Å²) in [5, 5.41) is 8.42. The van der Waals surface area contributed by atoms with Gasteiger partial charge in [-0.3, -0.25) is 0 Å². The Hall–Kier alpha value is -1.43. The zero-order chi connectivity index (χ0) is 10.0. The molecule has 0 amide bonds. The molecule has 0 fully saturated rings. The van der Waals surface area contributed by atoms with Crippen molar-refractivity contribution in [1.29, 1.82) is 5.26 Å². The minimum Gasteiger partial charge on any atom is -0.207 e. The monoisotopic (exact) mass is 181 g/mol. The third-order valence-corrected chi connectivity index (χ3v) is 1.83. The quantitative estimate of drug-likeness (QED) is 0.653. The largest absolute Gasteiger partial charge is 0.207 e. The van der Waals surface area contributed by atoms with E-state index in [1.165, 1.54) is 0 Å². The predicted molar refractivity (Wildman–Crippen MR) is 45.2 cm³/mol. The van der Waals surface area contributed by atoms with Crippen molar-refractivity contribution >= 4 is 0 Å². The highest BCUT2D eigenvalue weighted by atomic mass is 19.1. The molecule has 1 rings (SSSR count). The molecule has 0 aliphatic heterocycles. The number of benzene rings is 1. The second-order valence-electron chi connectivity index (χ2n) is 3.12. The molecule has 0 heterocycles. The van der Waals surface area contributed by atoms with E-state index in [1.54, 1.807) is 19.9 Å². The van der Waals surface area contributed by atoms with Crippen molar-refractivity contribution in [1.82, 2.24) is 0 Å². The zero-order valence-corrected chi connectivity index (χ0v) is 7.44. The maximum atomic E-state index is 13.2. The van der Waals surface area contributed by atoms with Crippen molar-refractivity contribution in [2.24, 2.45) is 0 Å². The fourth-order valence-corrected chi connectivity index (χ4v) is 1.09. The lowest BCUT2D eigenvalue weighted by Gasteiger charge is -2.07. The molecule has 68 valence electrons. The van der Waals surface area contributed by atoms with Crippen LogP contribution in [-0.2, 0) is 0 Å². The standard InChI is InChI=1S/C10H9F2N/c1-6(2)8-4-9(11)7(5-13)3-10(8)12/h3-4,6H,1-2H3. The Morgan fingerprint density at radius 1 is 1.23 bits per heavy atom. The third kappa shape index (κ3) is 1.83. The van der Waals surface area contributed by atoms with E-state index in [2.05, 4.69) is 0 Å². The lowest BCUT2D eigenvalue weighted by atomic mass is 10.0. The van der Waals surface area contributed by atoms with E-state index in [9.17, 15) is 8.78 Å². The van der Waals surface area contributed by atoms with Crippen LogP contribution < -0.4 is 0 Å². The summed E-state index contributed by atoms with van der Waals surface area (Å²) in [5.41, 5.74) is 0.0541. The van der Waals surface area contributed by atoms with E-state index in [4.69, 9.17) is 5.26 Å². The summed E-state index contributed by atoms with van der Waals surface area (Å²) in [6.07, 6.45) is 0. The molecule has 1 aromatic rings. The molecule has 0 N–H and O–H groups in total. The van der Waals surface area contributed by atoms with Crippen LogP contribution in [0.2, 0.25) is 0 Å². The SMILES string of the molecule is CC(C)c1cc(F)c(C#N)cc1F. The Morgan fingerprint density at radius 2 is 1.85 bits per heavy atom. The lowest BCUT2D eigenvalue weighted by Crippen LogP contribution is -1.96. The van der Waals surface area contributed by atoms with Crippen molar-refractivity contribution in [2.75, 3.05) is 0 Å². The first-order valence-corrected chi connectivity index (χ1v) is 3.95. The Bertz CT molecular complexity index is 364. The highest BCUT2D eigenvalue weighted by Crippen LogP contribution is 2.21. The fourth-order valence-electron chi connectivity index (χ4n) is 1.09. The van der Waals surface area contributed by atoms with Crippen molar-refractivity contribution < 1.29 is 8.78 Å². The van der Waals surface area contributed by atoms with Crippen molar-refractivity contribution in [3.05, 3.63) is 34.9 Å². The number of hydrogen-bond donors (Lipinski definition) is 0. The molecule has 0 saturated heterocycles. The molecule has 0 spiro atoms. The van der Waals surface area contributed by atoms with Crippen LogP contribution in [0.3, 0.4) is 0 Å². The fraction of sp³-hybridized carbons (Fsp3) is 0.300. The number of hydrogen-bond acceptors (Lipinski definition) is 1. The maximum Gasteiger partial charge on any atom is 0.141 e. The Balaban J connectivity index is 3.31. The first-order chi connectivity index (χ1) is 6.06. The molecule has 0 aromatic heterocycles. The summed E-state index contributed by atoms with van der Waals surface area (Å²) in [7, 11) is 0. The van der Waals surface area contributed by atoms with Crippen LogP contribution >= 0.6 is 0 Å². The molecule has 1 aromatic carbocycles. The van der Waals surface area contributed by atoms with Gasteiger partial charge in [0.25, 0.3) is 0 Å². The number of nitrogens with zero attached hydrogens (tertiary/aromatic N) is 1. The van der Waals surface area contributed by atoms with Gasteiger partial charge in [-0.25, -0.2) is 8.78 Å². The van der Waals surface area contributed by atoms with E-state index in [-0.39, 0.29) is 11.5 Å². The molecule has 0 aliphatic carbocycles. The van der Waals surface area contributed by atoms with Gasteiger partial charge >= 0.3 is 0 Å². The average Bonchev–Trinajstić information content (AvgIpc) is 2.07. The third-order valence-electron chi connectivity index (χ3n) is 1.83. The van der Waals surface area contributed by atoms with Gasteiger partial charge in [0.05, 0.1) is 5.56 Å². The van der Waals surface area contributed by atoms with Crippen LogP contribution in [0.5, 0.6) is 0 Å². The van der Waals surface area contributed by atoms with E-state index in [1.807, 2.05) is 0 Å². The molecule has 0 atom stereocenters. The predicted octanol–water partition coefficient (Wildman–Crippen LogP) is 2.96. The minimum atomic E-state index is -0.660. The first-order valence-electron chi connectivity index (χ1n) is 3.95. The van der Waals surface area contributed by atoms with Crippen LogP contribution in [0, 0.1) is 23.0 Å². The smallest absolute Gasteiger partial charge is 0.141 e. The van der Waals surface area contributed by atoms with E-state index in [0.29, 0.717) is 5.56 Å². The van der Waals surface area contributed by atoms with Crippen LogP contribution in [0.15, 0.2) is 12.1 Å². The summed E-state index contributed by atoms with van der Waals surface area (Å²) in [5.74, 6) is -1.26. The number of halogens is 2. The average molecular weight is 181 g/mol. The van der Waals surface area contributed by atoms with Crippen LogP contribution in [-0.4, -0.2) is 0 Å². The summed E-state index contributed by atoms with van der Waals surface area (Å²) in [4.78, 5) is 0. The maximum absolute atomic E-state index is 13.2. The van der Waals surface area contributed by atoms with Gasteiger partial charge in [-0.15, -0.1) is 0 Å². The summed E-state index contributed by atoms with van der Waals surface area (Å²) < 4.78 is 26.2. The minimum absolute atomic E-state index is 0.0813. The summed E-state index contributed by atoms with van der Waals surface area (Å²) in [6, 6.07) is 3.60. The molecule has 0 saturated carbocycles. The molecule has 0 aliphatic rings. The van der Waals surface area contributed by atoms with E-state index >= 15 is 0 Å². The van der Waals surface area contributed by atoms with Crippen LogP contribution in [0.1, 0.15) is 30.9 Å². The molecule has 1 nitrogen and oxygen atoms in total. The van der Waals surface area contributed by atoms with E-state index in [0.717, 1.165) is 12.1 Å². The normalized spacial score (nSPS) is 10.2. The first kappa shape index (κ1) is 9.66. The molecule has 0 radical (unpaired) electrons. The van der Waals surface area contributed by atoms with Gasteiger partial charge in [-0.1, -0.05) is 13.8 Å². The topological polar surface area (TPSA) is 23.8 Å². The zero-order valence-electron chi connectivity index (χ0n) is 7.44. The van der Waals surface area contributed by atoms with Gasteiger partial charge in [-0.2, -0.15) is 5.26 Å². The number of nitriles is 1. The molecule has 3 heteroatoms. The molecular formula is C10H9F2N. The van der Waals surface area contributed by atoms with Gasteiger partial charge in [0, 0.05) is 0 Å². The Morgan fingerprint density at radius 3 is 2.31 bits per heavy atom. The number of rotatable bonds is 1. The summed E-state index contributed by atoms with van der Waals surface area (Å²) in [6.45, 7) is 3.54. The van der Waals surface area contributed by atoms with Crippen LogP contribution in [0.25, 0.3) is 0 Å².